The molecule has 1 aliphatic carbocycles. The molecule has 0 aromatic heterocycles. The van der Waals surface area contributed by atoms with E-state index in [1.165, 1.54) is 19.8 Å². The number of nitrogens with one attached hydrogen (secondary N) is 2. The van der Waals surface area contributed by atoms with Crippen LogP contribution in [0.25, 0.3) is 0 Å². The van der Waals surface area contributed by atoms with Gasteiger partial charge >= 0.3 is 12.0 Å². The SMILES string of the molecule is CC(NC(=O)NCCN(C)C1CC1)C(=O)O. The molecule has 0 heterocycles. The Labute approximate surface area is 95.0 Å². The van der Waals surface area contributed by atoms with Gasteiger partial charge in [-0.05, 0) is 26.8 Å². The van der Waals surface area contributed by atoms with Crippen molar-refractivity contribution < 1.29 is 14.7 Å². The van der Waals surface area contributed by atoms with Crippen molar-refractivity contribution >= 4 is 12.0 Å². The van der Waals surface area contributed by atoms with E-state index in [2.05, 4.69) is 15.5 Å². The fourth-order valence-electron chi connectivity index (χ4n) is 1.35. The van der Waals surface area contributed by atoms with E-state index < -0.39 is 18.0 Å². The summed E-state index contributed by atoms with van der Waals surface area (Å²) < 4.78 is 0. The predicted octanol–water partition coefficient (Wildman–Crippen LogP) is -0.147. The molecule has 3 N–H and O–H groups in total. The van der Waals surface area contributed by atoms with Gasteiger partial charge in [0.15, 0.2) is 0 Å². The highest BCUT2D eigenvalue weighted by atomic mass is 16.4. The zero-order valence-corrected chi connectivity index (χ0v) is 9.69. The molecule has 0 radical (unpaired) electrons. The molecule has 0 bridgehead atoms. The number of urea groups is 1. The van der Waals surface area contributed by atoms with Gasteiger partial charge in [0.1, 0.15) is 6.04 Å². The Bertz CT molecular complexity index is 266. The molecule has 1 aliphatic rings. The maximum Gasteiger partial charge on any atom is 0.325 e. The highest BCUT2D eigenvalue weighted by molar-refractivity contribution is 5.82. The zero-order chi connectivity index (χ0) is 12.1. The molecule has 16 heavy (non-hydrogen) atoms. The van der Waals surface area contributed by atoms with Crippen molar-refractivity contribution in [3.8, 4) is 0 Å². The van der Waals surface area contributed by atoms with Gasteiger partial charge in [-0.25, -0.2) is 4.79 Å². The van der Waals surface area contributed by atoms with Crippen LogP contribution in [0.1, 0.15) is 19.8 Å². The van der Waals surface area contributed by atoms with Crippen LogP contribution in [0.3, 0.4) is 0 Å². The van der Waals surface area contributed by atoms with Crippen LogP contribution in [-0.4, -0.2) is 54.2 Å². The van der Waals surface area contributed by atoms with Crippen LogP contribution in [0.15, 0.2) is 0 Å². The molecule has 0 aromatic rings. The molecule has 1 fully saturated rings. The summed E-state index contributed by atoms with van der Waals surface area (Å²) in [6.07, 6.45) is 2.47. The van der Waals surface area contributed by atoms with Gasteiger partial charge in [-0.1, -0.05) is 0 Å². The third-order valence-electron chi connectivity index (χ3n) is 2.64. The van der Waals surface area contributed by atoms with E-state index in [0.29, 0.717) is 12.6 Å². The summed E-state index contributed by atoms with van der Waals surface area (Å²) in [5.41, 5.74) is 0. The molecule has 1 saturated carbocycles. The fraction of sp³-hybridized carbons (Fsp3) is 0.800. The van der Waals surface area contributed by atoms with E-state index in [9.17, 15) is 9.59 Å². The number of hydrogen-bond donors (Lipinski definition) is 3. The van der Waals surface area contributed by atoms with Gasteiger partial charge in [0.25, 0.3) is 0 Å². The van der Waals surface area contributed by atoms with Gasteiger partial charge in [-0.15, -0.1) is 0 Å². The quantitative estimate of drug-likeness (QED) is 0.592. The van der Waals surface area contributed by atoms with Crippen LogP contribution in [0.5, 0.6) is 0 Å². The van der Waals surface area contributed by atoms with E-state index in [1.54, 1.807) is 0 Å². The highest BCUT2D eigenvalue weighted by Gasteiger charge is 2.25. The Morgan fingerprint density at radius 1 is 1.50 bits per heavy atom. The molecule has 0 aromatic carbocycles. The second-order valence-electron chi connectivity index (χ2n) is 4.17. The maximum atomic E-state index is 11.2. The summed E-state index contributed by atoms with van der Waals surface area (Å²) in [6, 6.07) is -0.622. The number of carbonyl (C=O) groups excluding carboxylic acids is 1. The third kappa shape index (κ3) is 4.48. The van der Waals surface area contributed by atoms with Crippen LogP contribution < -0.4 is 10.6 Å². The van der Waals surface area contributed by atoms with Crippen molar-refractivity contribution in [3.05, 3.63) is 0 Å². The molecule has 0 saturated heterocycles. The van der Waals surface area contributed by atoms with E-state index in [1.807, 2.05) is 7.05 Å². The lowest BCUT2D eigenvalue weighted by Crippen LogP contribution is -2.46. The molecular formula is C10H19N3O3. The average Bonchev–Trinajstić information content (AvgIpc) is 3.00. The summed E-state index contributed by atoms with van der Waals surface area (Å²) in [4.78, 5) is 23.9. The van der Waals surface area contributed by atoms with Gasteiger partial charge < -0.3 is 20.6 Å². The predicted molar refractivity (Wildman–Crippen MR) is 59.3 cm³/mol. The van der Waals surface area contributed by atoms with Gasteiger partial charge in [0.05, 0.1) is 0 Å². The van der Waals surface area contributed by atoms with Crippen LogP contribution >= 0.6 is 0 Å². The summed E-state index contributed by atoms with van der Waals surface area (Å²) in [5, 5.41) is 13.5. The maximum absolute atomic E-state index is 11.2. The standard InChI is InChI=1S/C10H19N3O3/c1-7(9(14)15)12-10(16)11-5-6-13(2)8-3-4-8/h7-8H,3-6H2,1-2H3,(H,14,15)(H2,11,12,16). The first-order valence-electron chi connectivity index (χ1n) is 5.48. The van der Waals surface area contributed by atoms with E-state index in [4.69, 9.17) is 5.11 Å². The van der Waals surface area contributed by atoms with Crippen molar-refractivity contribution in [1.29, 1.82) is 0 Å². The smallest absolute Gasteiger partial charge is 0.325 e. The molecule has 92 valence electrons. The molecule has 6 heteroatoms. The number of carboxylic acids is 1. The lowest BCUT2D eigenvalue weighted by molar-refractivity contribution is -0.138. The Kier molecular flexibility index (Phi) is 4.54. The minimum absolute atomic E-state index is 0.431. The summed E-state index contributed by atoms with van der Waals surface area (Å²) in [6.45, 7) is 2.75. The monoisotopic (exact) mass is 229 g/mol. The van der Waals surface area contributed by atoms with Crippen LogP contribution in [0.4, 0.5) is 4.79 Å². The lowest BCUT2D eigenvalue weighted by atomic mass is 10.3. The second kappa shape index (κ2) is 5.69. The number of aliphatic carboxylic acids is 1. The van der Waals surface area contributed by atoms with Crippen LogP contribution in [0, 0.1) is 0 Å². The molecule has 6 nitrogen and oxygen atoms in total. The molecule has 1 unspecified atom stereocenters. The van der Waals surface area contributed by atoms with Gasteiger partial charge in [-0.3, -0.25) is 4.79 Å². The van der Waals surface area contributed by atoms with Crippen molar-refractivity contribution in [2.24, 2.45) is 0 Å². The number of hydrogen-bond acceptors (Lipinski definition) is 3. The Morgan fingerprint density at radius 2 is 2.12 bits per heavy atom. The van der Waals surface area contributed by atoms with E-state index >= 15 is 0 Å². The molecule has 1 atom stereocenters. The summed E-state index contributed by atoms with van der Waals surface area (Å²) in [7, 11) is 2.02. The van der Waals surface area contributed by atoms with Crippen molar-refractivity contribution in [1.82, 2.24) is 15.5 Å². The van der Waals surface area contributed by atoms with E-state index in [0.717, 1.165) is 6.54 Å². The Balaban J connectivity index is 2.07. The first-order chi connectivity index (χ1) is 7.50. The highest BCUT2D eigenvalue weighted by Crippen LogP contribution is 2.24. The molecule has 1 rings (SSSR count). The average molecular weight is 229 g/mol. The zero-order valence-electron chi connectivity index (χ0n) is 9.69. The van der Waals surface area contributed by atoms with Crippen LogP contribution in [0.2, 0.25) is 0 Å². The number of rotatable bonds is 6. The number of carbonyl (C=O) groups is 2. The first kappa shape index (κ1) is 12.8. The van der Waals surface area contributed by atoms with Crippen molar-refractivity contribution in [3.63, 3.8) is 0 Å². The minimum atomic E-state index is -1.04. The Morgan fingerprint density at radius 3 is 2.62 bits per heavy atom. The molecular weight excluding hydrogens is 210 g/mol. The van der Waals surface area contributed by atoms with Crippen molar-refractivity contribution in [2.45, 2.75) is 31.8 Å². The molecule has 0 aliphatic heterocycles. The number of likely N-dealkylation sites (N-methyl/N-ethyl adjacent to an activating group) is 1. The summed E-state index contributed by atoms with van der Waals surface area (Å²) in [5.74, 6) is -1.04. The summed E-state index contributed by atoms with van der Waals surface area (Å²) >= 11 is 0. The topological polar surface area (TPSA) is 81.7 Å². The third-order valence-corrected chi connectivity index (χ3v) is 2.64. The largest absolute Gasteiger partial charge is 0.480 e. The lowest BCUT2D eigenvalue weighted by Gasteiger charge is -2.16. The van der Waals surface area contributed by atoms with Gasteiger partial charge in [0, 0.05) is 19.1 Å². The first-order valence-corrected chi connectivity index (χ1v) is 5.48. The van der Waals surface area contributed by atoms with E-state index in [-0.39, 0.29) is 0 Å². The molecule has 2 amide bonds. The van der Waals surface area contributed by atoms with Gasteiger partial charge in [0.2, 0.25) is 0 Å². The fourth-order valence-corrected chi connectivity index (χ4v) is 1.35. The van der Waals surface area contributed by atoms with Crippen LogP contribution in [-0.2, 0) is 4.79 Å². The Hall–Kier alpha value is -1.30. The normalized spacial score (nSPS) is 16.9. The van der Waals surface area contributed by atoms with Crippen molar-refractivity contribution in [2.75, 3.05) is 20.1 Å². The van der Waals surface area contributed by atoms with Gasteiger partial charge in [-0.2, -0.15) is 0 Å². The number of nitrogens with zero attached hydrogens (tertiary/aromatic N) is 1. The second-order valence-corrected chi connectivity index (χ2v) is 4.17. The number of amides is 2. The molecule has 0 spiro atoms. The number of carboxylic acid groups (broad SMARTS) is 1. The minimum Gasteiger partial charge on any atom is -0.480 e.